The number of esters is 1. The number of unbranched alkanes of at least 4 members (excludes halogenated alkanes) is 30. The lowest BCUT2D eigenvalue weighted by Crippen LogP contribution is -2.61. The van der Waals surface area contributed by atoms with E-state index < -0.39 is 67.4 Å². The summed E-state index contributed by atoms with van der Waals surface area (Å²) in [6, 6.07) is -1.04. The highest BCUT2D eigenvalue weighted by molar-refractivity contribution is 5.80. The van der Waals surface area contributed by atoms with E-state index in [-0.39, 0.29) is 19.4 Å². The molecule has 78 heavy (non-hydrogen) atoms. The van der Waals surface area contributed by atoms with Crippen LogP contribution in [0.3, 0.4) is 0 Å². The molecule has 1 rings (SSSR count). The number of aliphatic hydroxyl groups excluding tert-OH is 5. The molecule has 452 valence electrons. The Bertz CT molecular complexity index is 1540. The standard InChI is InChI=1S/C67H119NO10/c1-4-7-10-13-16-19-22-25-26-27-28-29-30-31-32-33-34-35-37-39-42-45-48-51-54-60(71)66(75)68-58(59(70)53-50-47-44-41-38-24-21-18-15-12-9-6-3)57-76-67-65(64(74)63(73)61(56-69)77-67)78-62(72)55-52-49-46-43-40-36-23-20-17-14-11-8-5-2/h16,19,25-26,28-29,36,40,46,49-50,53,58-61,63-65,67,69-71,73-74H,4-15,17-18,20-24,27,30-35,37-39,41-45,47-48,51-52,54-57H2,1-3H3,(H,68,75)/b19-16-,26-25-,29-28-,40-36-,49-46+,53-50+. The van der Waals surface area contributed by atoms with E-state index in [9.17, 15) is 35.1 Å². The van der Waals surface area contributed by atoms with Crippen LogP contribution in [0, 0.1) is 0 Å². The van der Waals surface area contributed by atoms with Crippen molar-refractivity contribution in [3.63, 3.8) is 0 Å². The molecule has 11 heteroatoms. The van der Waals surface area contributed by atoms with E-state index in [1.807, 2.05) is 18.2 Å². The van der Waals surface area contributed by atoms with Gasteiger partial charge in [-0.3, -0.25) is 9.59 Å². The summed E-state index contributed by atoms with van der Waals surface area (Å²) in [4.78, 5) is 26.5. The minimum Gasteiger partial charge on any atom is -0.454 e. The zero-order chi connectivity index (χ0) is 56.8. The van der Waals surface area contributed by atoms with Crippen LogP contribution < -0.4 is 5.32 Å². The van der Waals surface area contributed by atoms with Crippen molar-refractivity contribution < 1.29 is 49.3 Å². The van der Waals surface area contributed by atoms with E-state index >= 15 is 0 Å². The summed E-state index contributed by atoms with van der Waals surface area (Å²) < 4.78 is 17.5. The maximum atomic E-state index is 13.4. The molecular formula is C67H119NO10. The van der Waals surface area contributed by atoms with Crippen molar-refractivity contribution >= 4 is 11.9 Å². The molecule has 8 unspecified atom stereocenters. The van der Waals surface area contributed by atoms with Crippen molar-refractivity contribution in [2.24, 2.45) is 0 Å². The minimum atomic E-state index is -1.64. The van der Waals surface area contributed by atoms with E-state index in [1.165, 1.54) is 161 Å². The number of rotatable bonds is 54. The van der Waals surface area contributed by atoms with Crippen molar-refractivity contribution in [3.8, 4) is 0 Å². The van der Waals surface area contributed by atoms with Crippen molar-refractivity contribution in [1.82, 2.24) is 5.32 Å². The third kappa shape index (κ3) is 42.0. The molecule has 1 amide bonds. The maximum absolute atomic E-state index is 13.4. The van der Waals surface area contributed by atoms with E-state index in [0.717, 1.165) is 70.6 Å². The molecule has 1 saturated heterocycles. The molecule has 8 atom stereocenters. The van der Waals surface area contributed by atoms with Gasteiger partial charge in [-0.25, -0.2) is 0 Å². The lowest BCUT2D eigenvalue weighted by atomic mass is 9.99. The fraction of sp³-hybridized carbons (Fsp3) is 0.791. The monoisotopic (exact) mass is 1100 g/mol. The second kappa shape index (κ2) is 54.7. The third-order valence-electron chi connectivity index (χ3n) is 14.8. The maximum Gasteiger partial charge on any atom is 0.306 e. The number of allylic oxidation sites excluding steroid dienone is 11. The normalized spacial score (nSPS) is 19.4. The van der Waals surface area contributed by atoms with Crippen molar-refractivity contribution in [1.29, 1.82) is 0 Å². The van der Waals surface area contributed by atoms with Gasteiger partial charge in [0, 0.05) is 6.42 Å². The van der Waals surface area contributed by atoms with Gasteiger partial charge in [0.1, 0.15) is 24.4 Å². The zero-order valence-electron chi connectivity index (χ0n) is 50.0. The molecular weight excluding hydrogens is 979 g/mol. The summed E-state index contributed by atoms with van der Waals surface area (Å²) in [5.74, 6) is -1.27. The predicted molar refractivity (Wildman–Crippen MR) is 324 cm³/mol. The smallest absolute Gasteiger partial charge is 0.306 e. The van der Waals surface area contributed by atoms with Gasteiger partial charge in [0.2, 0.25) is 5.91 Å². The summed E-state index contributed by atoms with van der Waals surface area (Å²) in [6.07, 6.45) is 59.6. The number of carbonyl (C=O) groups is 2. The summed E-state index contributed by atoms with van der Waals surface area (Å²) in [5, 5.41) is 57.0. The molecule has 0 aromatic carbocycles. The Labute approximate surface area is 477 Å². The van der Waals surface area contributed by atoms with E-state index in [4.69, 9.17) is 14.2 Å². The Kier molecular flexibility index (Phi) is 51.3. The van der Waals surface area contributed by atoms with Crippen LogP contribution in [0.5, 0.6) is 0 Å². The first-order valence-electron chi connectivity index (χ1n) is 32.2. The Morgan fingerprint density at radius 1 is 0.500 bits per heavy atom. The second-order valence-corrected chi connectivity index (χ2v) is 22.1. The molecule has 0 bridgehead atoms. The summed E-state index contributed by atoms with van der Waals surface area (Å²) in [5.41, 5.74) is 0. The van der Waals surface area contributed by atoms with Crippen molar-refractivity contribution in [2.45, 2.75) is 327 Å². The quantitative estimate of drug-likeness (QED) is 0.0195. The fourth-order valence-electron chi connectivity index (χ4n) is 9.71. The molecule has 11 nitrogen and oxygen atoms in total. The number of amides is 1. The molecule has 0 radical (unpaired) electrons. The van der Waals surface area contributed by atoms with E-state index in [0.29, 0.717) is 12.8 Å². The topological polar surface area (TPSA) is 175 Å². The Morgan fingerprint density at radius 3 is 1.35 bits per heavy atom. The molecule has 0 aromatic rings. The van der Waals surface area contributed by atoms with Gasteiger partial charge >= 0.3 is 5.97 Å². The van der Waals surface area contributed by atoms with Crippen LogP contribution in [0.2, 0.25) is 0 Å². The van der Waals surface area contributed by atoms with Crippen molar-refractivity contribution in [2.75, 3.05) is 13.2 Å². The first-order valence-corrected chi connectivity index (χ1v) is 32.2. The van der Waals surface area contributed by atoms with Gasteiger partial charge in [-0.1, -0.05) is 261 Å². The first-order chi connectivity index (χ1) is 38.2. The SMILES string of the molecule is CCCCC/C=C\C/C=C\C/C=C\CCCCCCCCCCCCCC(O)C(=O)NC(COC1OC(CO)C(O)C(O)C1OC(=O)CC/C=C/C/C=C\CCCCCCCC)C(O)/C=C/CCCCCCCCCCCC. The van der Waals surface area contributed by atoms with Gasteiger partial charge < -0.3 is 45.1 Å². The third-order valence-corrected chi connectivity index (χ3v) is 14.8. The highest BCUT2D eigenvalue weighted by Crippen LogP contribution is 2.26. The largest absolute Gasteiger partial charge is 0.454 e. The van der Waals surface area contributed by atoms with Crippen LogP contribution >= 0.6 is 0 Å². The van der Waals surface area contributed by atoms with Crippen LogP contribution in [0.25, 0.3) is 0 Å². The molecule has 0 saturated carbocycles. The molecule has 1 fully saturated rings. The second-order valence-electron chi connectivity index (χ2n) is 22.1. The van der Waals surface area contributed by atoms with Crippen LogP contribution in [0.1, 0.15) is 278 Å². The van der Waals surface area contributed by atoms with E-state index in [1.54, 1.807) is 6.08 Å². The zero-order valence-corrected chi connectivity index (χ0v) is 50.0. The number of aliphatic hydroxyl groups is 5. The number of hydrogen-bond donors (Lipinski definition) is 6. The molecule has 1 heterocycles. The molecule has 6 N–H and O–H groups in total. The lowest BCUT2D eigenvalue weighted by molar-refractivity contribution is -0.305. The van der Waals surface area contributed by atoms with Gasteiger partial charge in [-0.2, -0.15) is 0 Å². The van der Waals surface area contributed by atoms with Gasteiger partial charge in [0.05, 0.1) is 25.4 Å². The van der Waals surface area contributed by atoms with Gasteiger partial charge in [-0.05, 0) is 83.5 Å². The molecule has 0 aromatic heterocycles. The van der Waals surface area contributed by atoms with E-state index in [2.05, 4.69) is 74.7 Å². The van der Waals surface area contributed by atoms with Gasteiger partial charge in [-0.15, -0.1) is 0 Å². The highest BCUT2D eigenvalue weighted by atomic mass is 16.7. The minimum absolute atomic E-state index is 0.0163. The Balaban J connectivity index is 2.64. The molecule has 0 aliphatic carbocycles. The predicted octanol–water partition coefficient (Wildman–Crippen LogP) is 15.6. The molecule has 0 spiro atoms. The number of carbonyl (C=O) groups excluding carboxylic acids is 2. The molecule has 1 aliphatic heterocycles. The average molecular weight is 1100 g/mol. The van der Waals surface area contributed by atoms with Gasteiger partial charge in [0.25, 0.3) is 0 Å². The Hall–Kier alpha value is -2.90. The average Bonchev–Trinajstić information content (AvgIpc) is 3.45. The highest BCUT2D eigenvalue weighted by Gasteiger charge is 2.47. The van der Waals surface area contributed by atoms with Crippen LogP contribution in [0.4, 0.5) is 0 Å². The summed E-state index contributed by atoms with van der Waals surface area (Å²) in [7, 11) is 0. The number of ether oxygens (including phenoxy) is 3. The van der Waals surface area contributed by atoms with Crippen LogP contribution in [-0.4, -0.2) is 99.6 Å². The lowest BCUT2D eigenvalue weighted by Gasteiger charge is -2.41. The fourth-order valence-corrected chi connectivity index (χ4v) is 9.71. The summed E-state index contributed by atoms with van der Waals surface area (Å²) in [6.45, 7) is 5.72. The first kappa shape index (κ1) is 73.1. The van der Waals surface area contributed by atoms with Crippen molar-refractivity contribution in [3.05, 3.63) is 72.9 Å². The number of hydrogen-bond acceptors (Lipinski definition) is 10. The number of nitrogens with one attached hydrogen (secondary N) is 1. The Morgan fingerprint density at radius 2 is 0.885 bits per heavy atom. The van der Waals surface area contributed by atoms with Crippen LogP contribution in [-0.2, 0) is 23.8 Å². The van der Waals surface area contributed by atoms with Crippen LogP contribution in [0.15, 0.2) is 72.9 Å². The summed E-state index contributed by atoms with van der Waals surface area (Å²) >= 11 is 0. The molecule has 1 aliphatic rings. The van der Waals surface area contributed by atoms with Gasteiger partial charge in [0.15, 0.2) is 12.4 Å².